The van der Waals surface area contributed by atoms with Crippen molar-refractivity contribution >= 4 is 41.5 Å². The molecule has 0 bridgehead atoms. The Labute approximate surface area is 204 Å². The smallest absolute Gasteiger partial charge is 0.191 e. The molecule has 2 aliphatic heterocycles. The normalized spacial score (nSPS) is 20.4. The van der Waals surface area contributed by atoms with Crippen LogP contribution in [0.4, 0.5) is 0 Å². The third kappa shape index (κ3) is 6.97. The number of hydrogen-bond donors (Lipinski definition) is 2. The van der Waals surface area contributed by atoms with Crippen molar-refractivity contribution < 1.29 is 4.74 Å². The Balaban J connectivity index is 0.00000320. The van der Waals surface area contributed by atoms with Gasteiger partial charge < -0.3 is 20.3 Å². The monoisotopic (exact) mass is 548 g/mol. The third-order valence-electron chi connectivity index (χ3n) is 6.47. The number of benzene rings is 1. The Morgan fingerprint density at radius 3 is 2.57 bits per heavy atom. The summed E-state index contributed by atoms with van der Waals surface area (Å²) in [4.78, 5) is 7.09. The summed E-state index contributed by atoms with van der Waals surface area (Å²) < 4.78 is 5.66. The van der Waals surface area contributed by atoms with Crippen molar-refractivity contribution in [3.8, 4) is 0 Å². The molecule has 5 nitrogen and oxygen atoms in total. The van der Waals surface area contributed by atoms with Gasteiger partial charge in [0.2, 0.25) is 0 Å². The summed E-state index contributed by atoms with van der Waals surface area (Å²) in [5, 5.41) is 8.11. The zero-order valence-electron chi connectivity index (χ0n) is 18.5. The minimum atomic E-state index is -0.0161. The Morgan fingerprint density at radius 1 is 1.23 bits per heavy atom. The van der Waals surface area contributed by atoms with Gasteiger partial charge >= 0.3 is 0 Å². The number of nitrogens with one attached hydrogen (secondary N) is 2. The van der Waals surface area contributed by atoms with Gasteiger partial charge in [-0.3, -0.25) is 4.99 Å². The van der Waals surface area contributed by atoms with Gasteiger partial charge in [-0.25, -0.2) is 0 Å². The standard InChI is InChI=1S/C23H37ClN4O.HI/c1-3-4-13-28-14-9-19(10-15-28)27-22(25-2)26-18-23(11-16-29-17-12-23)20-7-5-6-8-21(20)24;/h5-8,19H,3-4,9-18H2,1-2H3,(H2,25,26,27);1H. The highest BCUT2D eigenvalue weighted by atomic mass is 127. The highest BCUT2D eigenvalue weighted by Crippen LogP contribution is 2.38. The topological polar surface area (TPSA) is 48.9 Å². The molecule has 30 heavy (non-hydrogen) atoms. The van der Waals surface area contributed by atoms with Crippen LogP contribution in [0.2, 0.25) is 5.02 Å². The van der Waals surface area contributed by atoms with Crippen LogP contribution in [0.15, 0.2) is 29.3 Å². The number of piperidine rings is 1. The van der Waals surface area contributed by atoms with E-state index in [1.807, 2.05) is 19.2 Å². The van der Waals surface area contributed by atoms with Crippen LogP contribution < -0.4 is 10.6 Å². The lowest BCUT2D eigenvalue weighted by Crippen LogP contribution is -2.52. The van der Waals surface area contributed by atoms with Gasteiger partial charge in [0.05, 0.1) is 0 Å². The number of guanidine groups is 1. The van der Waals surface area contributed by atoms with Crippen LogP contribution in [-0.4, -0.2) is 63.3 Å². The van der Waals surface area contributed by atoms with Crippen molar-refractivity contribution in [2.75, 3.05) is 46.4 Å². The van der Waals surface area contributed by atoms with Gasteiger partial charge in [0.15, 0.2) is 5.96 Å². The molecule has 7 heteroatoms. The molecule has 1 aromatic carbocycles. The van der Waals surface area contributed by atoms with Crippen LogP contribution in [0, 0.1) is 0 Å². The lowest BCUT2D eigenvalue weighted by atomic mass is 9.74. The van der Waals surface area contributed by atoms with Crippen molar-refractivity contribution in [3.05, 3.63) is 34.9 Å². The Morgan fingerprint density at radius 2 is 1.93 bits per heavy atom. The minimum Gasteiger partial charge on any atom is -0.381 e. The zero-order valence-corrected chi connectivity index (χ0v) is 21.5. The van der Waals surface area contributed by atoms with Crippen LogP contribution in [0.1, 0.15) is 51.0 Å². The van der Waals surface area contributed by atoms with E-state index in [2.05, 4.69) is 39.6 Å². The van der Waals surface area contributed by atoms with Crippen molar-refractivity contribution in [1.82, 2.24) is 15.5 Å². The predicted molar refractivity (Wildman–Crippen MR) is 137 cm³/mol. The second-order valence-electron chi connectivity index (χ2n) is 8.41. The molecule has 0 radical (unpaired) electrons. The number of rotatable bonds is 7. The van der Waals surface area contributed by atoms with E-state index in [1.54, 1.807) is 0 Å². The van der Waals surface area contributed by atoms with Gasteiger partial charge in [0, 0.05) is 56.4 Å². The van der Waals surface area contributed by atoms with Crippen LogP contribution >= 0.6 is 35.6 Å². The van der Waals surface area contributed by atoms with E-state index in [4.69, 9.17) is 16.3 Å². The molecule has 3 rings (SSSR count). The summed E-state index contributed by atoms with van der Waals surface area (Å²) in [6.07, 6.45) is 6.86. The van der Waals surface area contributed by atoms with E-state index in [0.717, 1.165) is 43.6 Å². The molecule has 0 aliphatic carbocycles. The van der Waals surface area contributed by atoms with E-state index in [9.17, 15) is 0 Å². The van der Waals surface area contributed by atoms with Gasteiger partial charge in [0.1, 0.15) is 0 Å². The molecule has 0 atom stereocenters. The van der Waals surface area contributed by atoms with Crippen molar-refractivity contribution in [1.29, 1.82) is 0 Å². The largest absolute Gasteiger partial charge is 0.381 e. The molecular weight excluding hydrogens is 511 g/mol. The zero-order chi connectivity index (χ0) is 20.5. The quantitative estimate of drug-likeness (QED) is 0.301. The summed E-state index contributed by atoms with van der Waals surface area (Å²) in [7, 11) is 1.86. The van der Waals surface area contributed by atoms with Gasteiger partial charge in [-0.05, 0) is 50.3 Å². The average molecular weight is 549 g/mol. The molecule has 1 aromatic rings. The number of hydrogen-bond acceptors (Lipinski definition) is 3. The van der Waals surface area contributed by atoms with Crippen molar-refractivity contribution in [2.45, 2.75) is 56.9 Å². The van der Waals surface area contributed by atoms with E-state index >= 15 is 0 Å². The van der Waals surface area contributed by atoms with Crippen LogP contribution in [0.3, 0.4) is 0 Å². The summed E-state index contributed by atoms with van der Waals surface area (Å²) in [5.74, 6) is 0.898. The van der Waals surface area contributed by atoms with Crippen molar-refractivity contribution in [2.24, 2.45) is 4.99 Å². The van der Waals surface area contributed by atoms with E-state index in [1.165, 1.54) is 50.9 Å². The number of likely N-dealkylation sites (tertiary alicyclic amines) is 1. The maximum atomic E-state index is 6.58. The van der Waals surface area contributed by atoms with Gasteiger partial charge in [-0.1, -0.05) is 43.1 Å². The second kappa shape index (κ2) is 13.1. The third-order valence-corrected chi connectivity index (χ3v) is 6.80. The highest BCUT2D eigenvalue weighted by Gasteiger charge is 2.36. The average Bonchev–Trinajstić information content (AvgIpc) is 2.77. The summed E-state index contributed by atoms with van der Waals surface area (Å²) >= 11 is 6.58. The Bertz CT molecular complexity index is 658. The maximum absolute atomic E-state index is 6.58. The highest BCUT2D eigenvalue weighted by molar-refractivity contribution is 14.0. The molecule has 2 saturated heterocycles. The molecule has 0 unspecified atom stereocenters. The summed E-state index contributed by atoms with van der Waals surface area (Å²) in [6, 6.07) is 8.73. The molecule has 2 N–H and O–H groups in total. The SMILES string of the molecule is CCCCN1CCC(NC(=NC)NCC2(c3ccccc3Cl)CCOCC2)CC1.I. The van der Waals surface area contributed by atoms with Crippen LogP contribution in [-0.2, 0) is 10.2 Å². The maximum Gasteiger partial charge on any atom is 0.191 e. The van der Waals surface area contributed by atoms with E-state index in [-0.39, 0.29) is 29.4 Å². The minimum absolute atomic E-state index is 0. The molecule has 0 aromatic heterocycles. The Hall–Kier alpha value is -0.570. The molecule has 0 saturated carbocycles. The van der Waals surface area contributed by atoms with Crippen LogP contribution in [0.5, 0.6) is 0 Å². The van der Waals surface area contributed by atoms with E-state index < -0.39 is 0 Å². The molecular formula is C23H38ClIN4O. The fraction of sp³-hybridized carbons (Fsp3) is 0.696. The van der Waals surface area contributed by atoms with E-state index in [0.29, 0.717) is 6.04 Å². The second-order valence-corrected chi connectivity index (χ2v) is 8.82. The fourth-order valence-electron chi connectivity index (χ4n) is 4.52. The van der Waals surface area contributed by atoms with Crippen molar-refractivity contribution in [3.63, 3.8) is 0 Å². The molecule has 0 amide bonds. The number of ether oxygens (including phenoxy) is 1. The molecule has 2 aliphatic rings. The first-order chi connectivity index (χ1) is 14.2. The lowest BCUT2D eigenvalue weighted by molar-refractivity contribution is 0.0514. The molecule has 170 valence electrons. The molecule has 2 fully saturated rings. The number of halogens is 2. The number of aliphatic imine (C=N–C) groups is 1. The predicted octanol–water partition coefficient (Wildman–Crippen LogP) is 4.44. The summed E-state index contributed by atoms with van der Waals surface area (Å²) in [6.45, 7) is 8.21. The summed E-state index contributed by atoms with van der Waals surface area (Å²) in [5.41, 5.74) is 1.20. The van der Waals surface area contributed by atoms with Gasteiger partial charge in [-0.2, -0.15) is 0 Å². The lowest BCUT2D eigenvalue weighted by Gasteiger charge is -2.39. The van der Waals surface area contributed by atoms with Crippen LogP contribution in [0.25, 0.3) is 0 Å². The fourth-order valence-corrected chi connectivity index (χ4v) is 4.85. The van der Waals surface area contributed by atoms with Gasteiger partial charge in [-0.15, -0.1) is 24.0 Å². The van der Waals surface area contributed by atoms with Gasteiger partial charge in [0.25, 0.3) is 0 Å². The first-order valence-corrected chi connectivity index (χ1v) is 11.6. The first kappa shape index (κ1) is 25.7. The first-order valence-electron chi connectivity index (χ1n) is 11.2. The number of unbranched alkanes of at least 4 members (excludes halogenated alkanes) is 1. The molecule has 2 heterocycles. The molecule has 0 spiro atoms. The Kier molecular flexibility index (Phi) is 11.2. The number of nitrogens with zero attached hydrogens (tertiary/aromatic N) is 2.